The molecule has 2 aromatic carbocycles. The van der Waals surface area contributed by atoms with Crippen LogP contribution < -0.4 is 5.56 Å². The number of carboxylic acid groups (broad SMARTS) is 1. The fourth-order valence-corrected chi connectivity index (χ4v) is 5.00. The number of halogens is 1. The molecule has 3 aromatic rings. The van der Waals surface area contributed by atoms with Crippen LogP contribution in [0.5, 0.6) is 0 Å². The number of carboxylic acids is 1. The molecule has 162 valence electrons. The van der Waals surface area contributed by atoms with Crippen LogP contribution in [-0.4, -0.2) is 38.4 Å². The summed E-state index contributed by atoms with van der Waals surface area (Å²) >= 11 is 3.49. The number of rotatable bonds is 6. The zero-order valence-corrected chi connectivity index (χ0v) is 19.1. The molecule has 0 bridgehead atoms. The molecule has 0 amide bonds. The van der Waals surface area contributed by atoms with Gasteiger partial charge in [0, 0.05) is 13.6 Å². The molecule has 1 N–H and O–H groups in total. The van der Waals surface area contributed by atoms with Crippen molar-refractivity contribution < 1.29 is 9.90 Å². The summed E-state index contributed by atoms with van der Waals surface area (Å²) in [6.45, 7) is 1.94. The van der Waals surface area contributed by atoms with Crippen LogP contribution in [0.3, 0.4) is 0 Å². The van der Waals surface area contributed by atoms with Gasteiger partial charge in [-0.15, -0.1) is 0 Å². The van der Waals surface area contributed by atoms with Crippen molar-refractivity contribution in [2.24, 2.45) is 12.5 Å². The zero-order valence-electron chi connectivity index (χ0n) is 17.5. The third-order valence-electron chi connectivity index (χ3n) is 6.35. The second-order valence-corrected chi connectivity index (χ2v) is 9.05. The van der Waals surface area contributed by atoms with Crippen molar-refractivity contribution in [3.63, 3.8) is 0 Å². The first kappa shape index (κ1) is 21.6. The maximum Gasteiger partial charge on any atom is 0.310 e. The molecule has 4 rings (SSSR count). The van der Waals surface area contributed by atoms with Crippen molar-refractivity contribution in [3.8, 4) is 5.69 Å². The Kier molecular flexibility index (Phi) is 6.16. The van der Waals surface area contributed by atoms with Gasteiger partial charge in [0.05, 0.1) is 16.8 Å². The van der Waals surface area contributed by atoms with E-state index in [2.05, 4.69) is 20.8 Å². The predicted molar refractivity (Wildman–Crippen MR) is 123 cm³/mol. The van der Waals surface area contributed by atoms with Crippen molar-refractivity contribution in [1.29, 1.82) is 0 Å². The maximum atomic E-state index is 12.8. The first-order chi connectivity index (χ1) is 14.9. The number of aliphatic carboxylic acids is 1. The Morgan fingerprint density at radius 2 is 1.61 bits per heavy atom. The number of likely N-dealkylation sites (tertiary alicyclic amines) is 1. The van der Waals surface area contributed by atoms with E-state index in [0.717, 1.165) is 16.9 Å². The van der Waals surface area contributed by atoms with E-state index in [4.69, 9.17) is 0 Å². The molecule has 0 atom stereocenters. The molecule has 1 aromatic heterocycles. The van der Waals surface area contributed by atoms with Crippen LogP contribution in [0, 0.1) is 5.41 Å². The van der Waals surface area contributed by atoms with E-state index >= 15 is 0 Å². The smallest absolute Gasteiger partial charge is 0.310 e. The second-order valence-electron chi connectivity index (χ2n) is 8.26. The molecule has 1 saturated heterocycles. The number of hydrogen-bond acceptors (Lipinski definition) is 3. The lowest BCUT2D eigenvalue weighted by Crippen LogP contribution is -2.45. The van der Waals surface area contributed by atoms with Crippen molar-refractivity contribution in [1.82, 2.24) is 14.3 Å². The largest absolute Gasteiger partial charge is 0.481 e. The standard InChI is InChI=1S/C24H26BrN3O3/c1-26-20(21(25)22(29)28(26)19-10-6-3-7-11-19)17-27-14-12-24(13-15-27,23(30)31)16-18-8-4-2-5-9-18/h2-11H,12-17H2,1H3,(H,30,31). The van der Waals surface area contributed by atoms with Crippen LogP contribution in [0.4, 0.5) is 0 Å². The summed E-state index contributed by atoms with van der Waals surface area (Å²) in [5.41, 5.74) is 1.93. The van der Waals surface area contributed by atoms with E-state index < -0.39 is 11.4 Å². The van der Waals surface area contributed by atoms with Crippen molar-refractivity contribution in [3.05, 3.63) is 86.7 Å². The second kappa shape index (κ2) is 8.85. The molecule has 0 aliphatic carbocycles. The highest BCUT2D eigenvalue weighted by Gasteiger charge is 2.41. The molecule has 1 aliphatic heterocycles. The van der Waals surface area contributed by atoms with Gasteiger partial charge < -0.3 is 5.11 Å². The van der Waals surface area contributed by atoms with Gasteiger partial charge in [-0.25, -0.2) is 4.68 Å². The Labute approximate surface area is 189 Å². The molecular weight excluding hydrogens is 458 g/mol. The lowest BCUT2D eigenvalue weighted by atomic mass is 9.74. The third-order valence-corrected chi connectivity index (χ3v) is 7.15. The summed E-state index contributed by atoms with van der Waals surface area (Å²) in [5.74, 6) is -0.722. The quantitative estimate of drug-likeness (QED) is 0.578. The molecule has 0 spiro atoms. The first-order valence-electron chi connectivity index (χ1n) is 10.4. The molecule has 2 heterocycles. The van der Waals surface area contributed by atoms with Gasteiger partial charge in [0.25, 0.3) is 5.56 Å². The first-order valence-corrected chi connectivity index (χ1v) is 11.2. The number of nitrogens with zero attached hydrogens (tertiary/aromatic N) is 3. The fraction of sp³-hybridized carbons (Fsp3) is 0.333. The topological polar surface area (TPSA) is 67.5 Å². The Bertz CT molecular complexity index is 1110. The molecule has 6 nitrogen and oxygen atoms in total. The molecule has 1 fully saturated rings. The van der Waals surface area contributed by atoms with Gasteiger partial charge in [0.2, 0.25) is 0 Å². The molecule has 1 aliphatic rings. The number of para-hydroxylation sites is 1. The maximum absolute atomic E-state index is 12.8. The SMILES string of the molecule is Cn1c(CN2CCC(Cc3ccccc3)(C(=O)O)CC2)c(Br)c(=O)n1-c1ccccc1. The average molecular weight is 484 g/mol. The summed E-state index contributed by atoms with van der Waals surface area (Å²) in [6, 6.07) is 19.4. The highest BCUT2D eigenvalue weighted by molar-refractivity contribution is 9.10. The fourth-order valence-electron chi connectivity index (χ4n) is 4.45. The predicted octanol–water partition coefficient (Wildman–Crippen LogP) is 3.85. The van der Waals surface area contributed by atoms with Gasteiger partial charge in [-0.2, -0.15) is 0 Å². The summed E-state index contributed by atoms with van der Waals surface area (Å²) in [4.78, 5) is 27.3. The van der Waals surface area contributed by atoms with E-state index in [1.54, 1.807) is 4.68 Å². The zero-order chi connectivity index (χ0) is 22.0. The molecule has 0 unspecified atom stereocenters. The van der Waals surface area contributed by atoms with Crippen LogP contribution in [0.2, 0.25) is 0 Å². The van der Waals surface area contributed by atoms with E-state index in [-0.39, 0.29) is 5.56 Å². The minimum Gasteiger partial charge on any atom is -0.481 e. The van der Waals surface area contributed by atoms with Crippen molar-refractivity contribution in [2.75, 3.05) is 13.1 Å². The molecule has 0 saturated carbocycles. The lowest BCUT2D eigenvalue weighted by Gasteiger charge is -2.39. The van der Waals surface area contributed by atoms with E-state index in [1.165, 1.54) is 0 Å². The minimum atomic E-state index is -0.739. The molecule has 0 radical (unpaired) electrons. The normalized spacial score (nSPS) is 16.3. The van der Waals surface area contributed by atoms with Gasteiger partial charge >= 0.3 is 5.97 Å². The van der Waals surface area contributed by atoms with Crippen LogP contribution in [0.15, 0.2) is 69.9 Å². The van der Waals surface area contributed by atoms with Gasteiger partial charge in [-0.3, -0.25) is 19.2 Å². The minimum absolute atomic E-state index is 0.0929. The van der Waals surface area contributed by atoms with Crippen LogP contribution in [-0.2, 0) is 24.8 Å². The monoisotopic (exact) mass is 483 g/mol. The van der Waals surface area contributed by atoms with E-state index in [1.807, 2.05) is 72.4 Å². The number of hydrogen-bond donors (Lipinski definition) is 1. The average Bonchev–Trinajstić information content (AvgIpc) is 2.99. The third kappa shape index (κ3) is 4.25. The number of aromatic nitrogens is 2. The van der Waals surface area contributed by atoms with Crippen LogP contribution in [0.1, 0.15) is 24.1 Å². The number of carbonyl (C=O) groups is 1. The summed E-state index contributed by atoms with van der Waals surface area (Å²) in [5, 5.41) is 10.0. The molecule has 7 heteroatoms. The van der Waals surface area contributed by atoms with E-state index in [0.29, 0.717) is 43.4 Å². The Balaban J connectivity index is 1.51. The van der Waals surface area contributed by atoms with Crippen LogP contribution in [0.25, 0.3) is 5.69 Å². The summed E-state index contributed by atoms with van der Waals surface area (Å²) in [6.07, 6.45) is 1.72. The lowest BCUT2D eigenvalue weighted by molar-refractivity contribution is -0.152. The Hall–Kier alpha value is -2.64. The molecule has 31 heavy (non-hydrogen) atoms. The summed E-state index contributed by atoms with van der Waals surface area (Å²) in [7, 11) is 1.88. The highest BCUT2D eigenvalue weighted by Crippen LogP contribution is 2.36. The van der Waals surface area contributed by atoms with Crippen LogP contribution >= 0.6 is 15.9 Å². The van der Waals surface area contributed by atoms with Gasteiger partial charge in [0.15, 0.2) is 0 Å². The van der Waals surface area contributed by atoms with Crippen molar-refractivity contribution >= 4 is 21.9 Å². The Morgan fingerprint density at radius 3 is 2.19 bits per heavy atom. The van der Waals surface area contributed by atoms with E-state index in [9.17, 15) is 14.7 Å². The molecular formula is C24H26BrN3O3. The highest BCUT2D eigenvalue weighted by atomic mass is 79.9. The number of benzene rings is 2. The van der Waals surface area contributed by atoms with Gasteiger partial charge in [0.1, 0.15) is 4.47 Å². The van der Waals surface area contributed by atoms with Crippen molar-refractivity contribution in [2.45, 2.75) is 25.8 Å². The van der Waals surface area contributed by atoms with Gasteiger partial charge in [-0.1, -0.05) is 48.5 Å². The summed E-state index contributed by atoms with van der Waals surface area (Å²) < 4.78 is 4.09. The Morgan fingerprint density at radius 1 is 1.03 bits per heavy atom. The van der Waals surface area contributed by atoms with Gasteiger partial charge in [-0.05, 0) is 66.0 Å². The number of piperidine rings is 1.